The van der Waals surface area contributed by atoms with Gasteiger partial charge in [-0.3, -0.25) is 0 Å². The van der Waals surface area contributed by atoms with Crippen LogP contribution < -0.4 is 4.90 Å². The van der Waals surface area contributed by atoms with Crippen molar-refractivity contribution in [2.75, 3.05) is 24.6 Å². The van der Waals surface area contributed by atoms with Crippen molar-refractivity contribution in [2.24, 2.45) is 0 Å². The number of anilines is 1. The first kappa shape index (κ1) is 12.9. The Labute approximate surface area is 106 Å². The lowest BCUT2D eigenvalue weighted by Gasteiger charge is -2.34. The fourth-order valence-corrected chi connectivity index (χ4v) is 2.04. The van der Waals surface area contributed by atoms with Crippen LogP contribution in [-0.2, 0) is 9.47 Å². The van der Waals surface area contributed by atoms with Gasteiger partial charge in [0.15, 0.2) is 5.69 Å². The highest BCUT2D eigenvalue weighted by Gasteiger charge is 2.26. The molecule has 0 amide bonds. The van der Waals surface area contributed by atoms with E-state index in [4.69, 9.17) is 13.9 Å². The van der Waals surface area contributed by atoms with Crippen LogP contribution in [0.3, 0.4) is 0 Å². The maximum Gasteiger partial charge on any atom is 0.360 e. The Balaban J connectivity index is 2.07. The van der Waals surface area contributed by atoms with E-state index in [1.54, 1.807) is 6.92 Å². The van der Waals surface area contributed by atoms with E-state index in [0.717, 1.165) is 0 Å². The molecule has 2 heterocycles. The third-order valence-electron chi connectivity index (χ3n) is 2.67. The van der Waals surface area contributed by atoms with Crippen molar-refractivity contribution in [1.82, 2.24) is 4.98 Å². The maximum atomic E-state index is 11.5. The number of oxazole rings is 1. The van der Waals surface area contributed by atoms with Crippen molar-refractivity contribution >= 4 is 12.0 Å². The SMILES string of the molecule is CCOC(=O)c1coc(N2CC(C)OC(C)C2)n1. The first-order valence-corrected chi connectivity index (χ1v) is 6.13. The fourth-order valence-electron chi connectivity index (χ4n) is 2.04. The van der Waals surface area contributed by atoms with Crippen LogP contribution in [0.4, 0.5) is 6.01 Å². The second kappa shape index (κ2) is 5.39. The van der Waals surface area contributed by atoms with Crippen molar-refractivity contribution in [3.05, 3.63) is 12.0 Å². The van der Waals surface area contributed by atoms with Gasteiger partial charge in [0, 0.05) is 13.1 Å². The van der Waals surface area contributed by atoms with Crippen molar-refractivity contribution in [3.8, 4) is 0 Å². The fraction of sp³-hybridized carbons (Fsp3) is 0.667. The second-order valence-electron chi connectivity index (χ2n) is 4.40. The van der Waals surface area contributed by atoms with Crippen molar-refractivity contribution in [2.45, 2.75) is 33.0 Å². The number of carbonyl (C=O) groups excluding carboxylic acids is 1. The van der Waals surface area contributed by atoms with Gasteiger partial charge in [-0.05, 0) is 20.8 Å². The molecule has 2 rings (SSSR count). The van der Waals surface area contributed by atoms with E-state index >= 15 is 0 Å². The molecule has 0 bridgehead atoms. The molecule has 2 atom stereocenters. The quantitative estimate of drug-likeness (QED) is 0.761. The summed E-state index contributed by atoms with van der Waals surface area (Å²) in [5, 5.41) is 0. The van der Waals surface area contributed by atoms with Gasteiger partial charge in [0.25, 0.3) is 6.01 Å². The molecule has 6 nitrogen and oxygen atoms in total. The predicted molar refractivity (Wildman–Crippen MR) is 64.7 cm³/mol. The second-order valence-corrected chi connectivity index (χ2v) is 4.40. The highest BCUT2D eigenvalue weighted by atomic mass is 16.5. The average Bonchev–Trinajstić information content (AvgIpc) is 2.77. The van der Waals surface area contributed by atoms with Gasteiger partial charge >= 0.3 is 5.97 Å². The van der Waals surface area contributed by atoms with Gasteiger partial charge in [-0.25, -0.2) is 4.79 Å². The third-order valence-corrected chi connectivity index (χ3v) is 2.67. The van der Waals surface area contributed by atoms with Crippen LogP contribution in [0.25, 0.3) is 0 Å². The molecule has 0 N–H and O–H groups in total. The Hall–Kier alpha value is -1.56. The molecular formula is C12H18N2O4. The van der Waals surface area contributed by atoms with Crippen LogP contribution in [-0.4, -0.2) is 42.9 Å². The van der Waals surface area contributed by atoms with E-state index in [2.05, 4.69) is 4.98 Å². The summed E-state index contributed by atoms with van der Waals surface area (Å²) in [6.45, 7) is 7.48. The van der Waals surface area contributed by atoms with Crippen molar-refractivity contribution < 1.29 is 18.7 Å². The molecule has 6 heteroatoms. The summed E-state index contributed by atoms with van der Waals surface area (Å²) in [7, 11) is 0. The third kappa shape index (κ3) is 2.81. The first-order chi connectivity index (χ1) is 8.60. The lowest BCUT2D eigenvalue weighted by Crippen LogP contribution is -2.45. The van der Waals surface area contributed by atoms with Crippen molar-refractivity contribution in [3.63, 3.8) is 0 Å². The number of hydrogen-bond acceptors (Lipinski definition) is 6. The van der Waals surface area contributed by atoms with Crippen LogP contribution in [0.5, 0.6) is 0 Å². The summed E-state index contributed by atoms with van der Waals surface area (Å²) >= 11 is 0. The highest BCUT2D eigenvalue weighted by molar-refractivity contribution is 5.87. The number of carbonyl (C=O) groups is 1. The molecule has 1 aromatic heterocycles. The number of esters is 1. The summed E-state index contributed by atoms with van der Waals surface area (Å²) in [6.07, 6.45) is 1.57. The molecular weight excluding hydrogens is 236 g/mol. The number of aromatic nitrogens is 1. The van der Waals surface area contributed by atoms with Gasteiger partial charge in [0.1, 0.15) is 6.26 Å². The standard InChI is InChI=1S/C12H18N2O4/c1-4-16-11(15)10-7-17-12(13-10)14-5-8(2)18-9(3)6-14/h7-9H,4-6H2,1-3H3. The van der Waals surface area contributed by atoms with E-state index in [0.29, 0.717) is 25.7 Å². The first-order valence-electron chi connectivity index (χ1n) is 6.13. The number of hydrogen-bond donors (Lipinski definition) is 0. The van der Waals surface area contributed by atoms with E-state index < -0.39 is 5.97 Å². The summed E-state index contributed by atoms with van der Waals surface area (Å²) < 4.78 is 15.8. The number of morpholine rings is 1. The largest absolute Gasteiger partial charge is 0.461 e. The molecule has 2 unspecified atom stereocenters. The summed E-state index contributed by atoms with van der Waals surface area (Å²) in [4.78, 5) is 17.6. The van der Waals surface area contributed by atoms with Gasteiger partial charge < -0.3 is 18.8 Å². The molecule has 0 radical (unpaired) electrons. The maximum absolute atomic E-state index is 11.5. The highest BCUT2D eigenvalue weighted by Crippen LogP contribution is 2.19. The van der Waals surface area contributed by atoms with Gasteiger partial charge in [0.2, 0.25) is 0 Å². The van der Waals surface area contributed by atoms with Gasteiger partial charge in [-0.2, -0.15) is 4.98 Å². The average molecular weight is 254 g/mol. The molecule has 1 aliphatic rings. The molecule has 1 aromatic rings. The molecule has 0 spiro atoms. The lowest BCUT2D eigenvalue weighted by atomic mass is 10.2. The lowest BCUT2D eigenvalue weighted by molar-refractivity contribution is -0.00670. The zero-order chi connectivity index (χ0) is 13.1. The Morgan fingerprint density at radius 1 is 1.50 bits per heavy atom. The molecule has 0 aromatic carbocycles. The monoisotopic (exact) mass is 254 g/mol. The molecule has 1 aliphatic heterocycles. The smallest absolute Gasteiger partial charge is 0.360 e. The number of rotatable bonds is 3. The van der Waals surface area contributed by atoms with Crippen LogP contribution in [0.15, 0.2) is 10.7 Å². The molecule has 18 heavy (non-hydrogen) atoms. The Kier molecular flexibility index (Phi) is 3.86. The Morgan fingerprint density at radius 3 is 2.78 bits per heavy atom. The number of ether oxygens (including phenoxy) is 2. The van der Waals surface area contributed by atoms with Gasteiger partial charge in [-0.1, -0.05) is 0 Å². The molecule has 100 valence electrons. The molecule has 1 fully saturated rings. The molecule has 1 saturated heterocycles. The topological polar surface area (TPSA) is 64.8 Å². The minimum atomic E-state index is -0.457. The van der Waals surface area contributed by atoms with Crippen LogP contribution in [0, 0.1) is 0 Å². The van der Waals surface area contributed by atoms with Gasteiger partial charge in [-0.15, -0.1) is 0 Å². The van der Waals surface area contributed by atoms with Crippen LogP contribution in [0.2, 0.25) is 0 Å². The minimum absolute atomic E-state index is 0.117. The van der Waals surface area contributed by atoms with Crippen LogP contribution in [0.1, 0.15) is 31.3 Å². The van der Waals surface area contributed by atoms with Gasteiger partial charge in [0.05, 0.1) is 18.8 Å². The molecule has 0 saturated carbocycles. The Bertz CT molecular complexity index is 408. The summed E-state index contributed by atoms with van der Waals surface area (Å²) in [5.74, 6) is -0.457. The number of nitrogens with zero attached hydrogens (tertiary/aromatic N) is 2. The van der Waals surface area contributed by atoms with Crippen LogP contribution >= 0.6 is 0 Å². The summed E-state index contributed by atoms with van der Waals surface area (Å²) in [6, 6.07) is 0.444. The zero-order valence-electron chi connectivity index (χ0n) is 10.9. The molecule has 0 aliphatic carbocycles. The van der Waals surface area contributed by atoms with E-state index in [9.17, 15) is 4.79 Å². The van der Waals surface area contributed by atoms with E-state index in [1.807, 2.05) is 18.7 Å². The normalized spacial score (nSPS) is 24.1. The zero-order valence-corrected chi connectivity index (χ0v) is 10.9. The summed E-state index contributed by atoms with van der Waals surface area (Å²) in [5.41, 5.74) is 0.207. The Morgan fingerprint density at radius 2 is 2.17 bits per heavy atom. The van der Waals surface area contributed by atoms with Crippen molar-refractivity contribution in [1.29, 1.82) is 0 Å². The van der Waals surface area contributed by atoms with E-state index in [-0.39, 0.29) is 17.9 Å². The predicted octanol–water partition coefficient (Wildman–Crippen LogP) is 1.46. The van der Waals surface area contributed by atoms with E-state index in [1.165, 1.54) is 6.26 Å². The minimum Gasteiger partial charge on any atom is -0.461 e.